The van der Waals surface area contributed by atoms with Gasteiger partial charge < -0.3 is 5.32 Å². The van der Waals surface area contributed by atoms with Crippen molar-refractivity contribution in [2.75, 3.05) is 5.32 Å². The summed E-state index contributed by atoms with van der Waals surface area (Å²) in [5.41, 5.74) is 8.91. The molecule has 1 saturated carbocycles. The summed E-state index contributed by atoms with van der Waals surface area (Å²) in [6.45, 7) is 5.80. The monoisotopic (exact) mass is 496 g/mol. The number of nitrogens with zero attached hydrogens (tertiary/aromatic N) is 5. The van der Waals surface area contributed by atoms with Crippen LogP contribution in [0.5, 0.6) is 0 Å². The third-order valence-electron chi connectivity index (χ3n) is 7.72. The molecule has 7 nitrogen and oxygen atoms in total. The predicted octanol–water partition coefficient (Wildman–Crippen LogP) is 5.49. The van der Waals surface area contributed by atoms with Crippen LogP contribution in [0.3, 0.4) is 0 Å². The van der Waals surface area contributed by atoms with Gasteiger partial charge in [0.1, 0.15) is 11.6 Å². The minimum atomic E-state index is -0.184. The van der Waals surface area contributed by atoms with E-state index in [1.54, 1.807) is 26.2 Å². The average Bonchev–Trinajstić information content (AvgIpc) is 3.38. The van der Waals surface area contributed by atoms with Gasteiger partial charge in [-0.25, -0.2) is 4.39 Å². The fourth-order valence-corrected chi connectivity index (χ4v) is 5.89. The number of tetrazole rings is 1. The maximum absolute atomic E-state index is 15.2. The van der Waals surface area contributed by atoms with Gasteiger partial charge in [-0.1, -0.05) is 6.07 Å². The van der Waals surface area contributed by atoms with Crippen LogP contribution in [0.4, 0.5) is 10.1 Å². The number of rotatable bonds is 6. The third kappa shape index (κ3) is 4.20. The van der Waals surface area contributed by atoms with Crippen molar-refractivity contribution in [2.24, 2.45) is 13.0 Å². The Balaban J connectivity index is 1.29. The molecule has 2 heterocycles. The average molecular weight is 497 g/mol. The van der Waals surface area contributed by atoms with E-state index in [1.165, 1.54) is 4.80 Å². The molecule has 2 aliphatic rings. The maximum atomic E-state index is 15.2. The Kier molecular flexibility index (Phi) is 5.62. The molecule has 1 fully saturated rings. The van der Waals surface area contributed by atoms with Crippen LogP contribution >= 0.6 is 0 Å². The van der Waals surface area contributed by atoms with Crippen LogP contribution in [-0.2, 0) is 18.3 Å². The van der Waals surface area contributed by atoms with Gasteiger partial charge in [0.2, 0.25) is 5.82 Å². The number of aryl methyl sites for hydroxylation is 3. The molecule has 3 atom stereocenters. The second-order valence-corrected chi connectivity index (χ2v) is 10.3. The first-order chi connectivity index (χ1) is 17.8. The Hall–Kier alpha value is -3.94. The Morgan fingerprint density at radius 1 is 1.14 bits per heavy atom. The van der Waals surface area contributed by atoms with Gasteiger partial charge in [0.15, 0.2) is 0 Å². The van der Waals surface area contributed by atoms with Crippen molar-refractivity contribution in [2.45, 2.75) is 52.0 Å². The van der Waals surface area contributed by atoms with Crippen molar-refractivity contribution in [3.05, 3.63) is 76.4 Å². The summed E-state index contributed by atoms with van der Waals surface area (Å²) >= 11 is 0. The molecule has 8 heteroatoms. The van der Waals surface area contributed by atoms with Crippen molar-refractivity contribution in [1.29, 1.82) is 0 Å². The predicted molar refractivity (Wildman–Crippen MR) is 140 cm³/mol. The minimum absolute atomic E-state index is 0.110. The molecule has 0 unspecified atom stereocenters. The molecule has 2 aliphatic carbocycles. The van der Waals surface area contributed by atoms with Gasteiger partial charge in [0, 0.05) is 28.7 Å². The first-order valence-corrected chi connectivity index (χ1v) is 12.7. The fourth-order valence-electron chi connectivity index (χ4n) is 5.89. The lowest BCUT2D eigenvalue weighted by atomic mass is 9.89. The Bertz CT molecular complexity index is 1500. The van der Waals surface area contributed by atoms with Crippen LogP contribution in [0.25, 0.3) is 22.5 Å². The lowest BCUT2D eigenvalue weighted by Crippen LogP contribution is -2.09. The molecule has 1 N–H and O–H groups in total. The smallest absolute Gasteiger partial charge is 0.204 e. The summed E-state index contributed by atoms with van der Waals surface area (Å²) in [5, 5.41) is 15.9. The number of halogens is 1. The number of fused-ring (bicyclic) bond motifs is 1. The van der Waals surface area contributed by atoms with E-state index >= 15 is 4.39 Å². The zero-order valence-electron chi connectivity index (χ0n) is 21.4. The van der Waals surface area contributed by atoms with Crippen LogP contribution in [0.2, 0.25) is 0 Å². The summed E-state index contributed by atoms with van der Waals surface area (Å²) in [6.07, 6.45) is 4.28. The van der Waals surface area contributed by atoms with Crippen molar-refractivity contribution in [3.63, 3.8) is 0 Å². The Labute approximate surface area is 215 Å². The van der Waals surface area contributed by atoms with E-state index in [1.807, 2.05) is 18.2 Å². The first kappa shape index (κ1) is 23.5. The highest BCUT2D eigenvalue weighted by molar-refractivity contribution is 5.82. The van der Waals surface area contributed by atoms with Gasteiger partial charge in [-0.05, 0) is 103 Å². The SMILES string of the molecule is CC(=O)[C@H]1C[C@@H]1c1ccc(N[C@@H]2CCc3c(-c4c(C)cc(-c5nnn(C)n5)cc4C)ccc(F)c32)cn1. The maximum Gasteiger partial charge on any atom is 0.204 e. The molecule has 37 heavy (non-hydrogen) atoms. The second kappa shape index (κ2) is 8.87. The molecule has 6 rings (SSSR count). The highest BCUT2D eigenvalue weighted by Gasteiger charge is 2.42. The molecule has 2 aromatic heterocycles. The van der Waals surface area contributed by atoms with E-state index in [0.29, 0.717) is 5.82 Å². The number of carbonyl (C=O) groups excluding carboxylic acids is 1. The van der Waals surface area contributed by atoms with Gasteiger partial charge in [-0.3, -0.25) is 9.78 Å². The van der Waals surface area contributed by atoms with Gasteiger partial charge in [0.25, 0.3) is 0 Å². The highest BCUT2D eigenvalue weighted by atomic mass is 19.1. The zero-order valence-corrected chi connectivity index (χ0v) is 21.4. The summed E-state index contributed by atoms with van der Waals surface area (Å²) in [5.74, 6) is 0.983. The minimum Gasteiger partial charge on any atom is -0.377 e. The quantitative estimate of drug-likeness (QED) is 0.380. The number of benzene rings is 2. The number of carbonyl (C=O) groups is 1. The van der Waals surface area contributed by atoms with E-state index in [9.17, 15) is 4.79 Å². The molecule has 4 aromatic rings. The number of pyridine rings is 1. The van der Waals surface area contributed by atoms with E-state index in [-0.39, 0.29) is 29.5 Å². The number of ketones is 1. The Morgan fingerprint density at radius 2 is 1.92 bits per heavy atom. The molecule has 0 amide bonds. The Morgan fingerprint density at radius 3 is 2.54 bits per heavy atom. The molecule has 0 saturated heterocycles. The molecule has 2 aromatic carbocycles. The van der Waals surface area contributed by atoms with E-state index in [0.717, 1.165) is 69.6 Å². The summed E-state index contributed by atoms with van der Waals surface area (Å²) in [6, 6.07) is 11.5. The summed E-state index contributed by atoms with van der Waals surface area (Å²) in [7, 11) is 1.75. The second-order valence-electron chi connectivity index (χ2n) is 10.3. The lowest BCUT2D eigenvalue weighted by Gasteiger charge is -2.19. The van der Waals surface area contributed by atoms with E-state index in [4.69, 9.17) is 0 Å². The normalized spacial score (nSPS) is 20.1. The highest BCUT2D eigenvalue weighted by Crippen LogP contribution is 2.47. The number of hydrogen-bond donors (Lipinski definition) is 1. The van der Waals surface area contributed by atoms with Gasteiger partial charge in [-0.15, -0.1) is 10.2 Å². The third-order valence-corrected chi connectivity index (χ3v) is 7.72. The first-order valence-electron chi connectivity index (χ1n) is 12.7. The lowest BCUT2D eigenvalue weighted by molar-refractivity contribution is -0.118. The van der Waals surface area contributed by atoms with Gasteiger partial charge in [-0.2, -0.15) is 4.80 Å². The van der Waals surface area contributed by atoms with Crippen LogP contribution in [-0.4, -0.2) is 31.0 Å². The van der Waals surface area contributed by atoms with Gasteiger partial charge in [0.05, 0.1) is 25.0 Å². The van der Waals surface area contributed by atoms with Crippen LogP contribution in [0.1, 0.15) is 59.7 Å². The van der Waals surface area contributed by atoms with Crippen LogP contribution < -0.4 is 5.32 Å². The molecule has 0 aliphatic heterocycles. The van der Waals surface area contributed by atoms with Crippen molar-refractivity contribution in [3.8, 4) is 22.5 Å². The largest absolute Gasteiger partial charge is 0.377 e. The van der Waals surface area contributed by atoms with E-state index in [2.05, 4.69) is 51.7 Å². The number of aromatic nitrogens is 5. The summed E-state index contributed by atoms with van der Waals surface area (Å²) < 4.78 is 15.2. The molecular weight excluding hydrogens is 467 g/mol. The molecule has 188 valence electrons. The topological polar surface area (TPSA) is 85.6 Å². The summed E-state index contributed by atoms with van der Waals surface area (Å²) in [4.78, 5) is 17.6. The molecule has 0 bridgehead atoms. The fraction of sp³-hybridized carbons (Fsp3) is 0.345. The van der Waals surface area contributed by atoms with Crippen LogP contribution in [0, 0.1) is 25.6 Å². The number of hydrogen-bond acceptors (Lipinski definition) is 6. The van der Waals surface area contributed by atoms with Crippen LogP contribution in [0.15, 0.2) is 42.6 Å². The number of Topliss-reactive ketones (excluding diaryl/α,β-unsaturated/α-hetero) is 1. The molecule has 0 spiro atoms. The standard InChI is InChI=1S/C29H29FN6O/c1-15-11-18(29-33-35-36(4)34-29)12-16(2)27(15)20-6-8-24(30)28-21(20)7-10-26(28)32-19-5-9-25(31-14-19)23-13-22(23)17(3)37/h5-6,8-9,11-12,14,22-23,26,32H,7,10,13H2,1-4H3/t22-,23+,26-/m1/s1. The number of nitrogens with one attached hydrogen (secondary N) is 1. The van der Waals surface area contributed by atoms with Crippen molar-refractivity contribution in [1.82, 2.24) is 25.2 Å². The number of anilines is 1. The van der Waals surface area contributed by atoms with Crippen molar-refractivity contribution >= 4 is 11.5 Å². The molecule has 0 radical (unpaired) electrons. The van der Waals surface area contributed by atoms with Crippen molar-refractivity contribution < 1.29 is 9.18 Å². The molecular formula is C29H29FN6O. The van der Waals surface area contributed by atoms with E-state index < -0.39 is 0 Å². The van der Waals surface area contributed by atoms with Gasteiger partial charge >= 0.3 is 0 Å². The zero-order chi connectivity index (χ0) is 25.8.